The van der Waals surface area contributed by atoms with E-state index < -0.39 is 0 Å². The predicted molar refractivity (Wildman–Crippen MR) is 69.3 cm³/mol. The number of hydrogen-bond donors (Lipinski definition) is 1. The van der Waals surface area contributed by atoms with Crippen LogP contribution < -0.4 is 5.56 Å². The van der Waals surface area contributed by atoms with Gasteiger partial charge < -0.3 is 4.98 Å². The first-order valence-electron chi connectivity index (χ1n) is 5.72. The highest BCUT2D eigenvalue weighted by molar-refractivity contribution is 5.60. The fraction of sp³-hybridized carbons (Fsp3) is 0.167. The molecule has 1 N–H and O–H groups in total. The Hall–Kier alpha value is -2.70. The van der Waals surface area contributed by atoms with Crippen LogP contribution in [0.4, 0.5) is 0 Å². The predicted octanol–water partition coefficient (Wildman–Crippen LogP) is 0.571. The molecule has 7 heteroatoms. The lowest BCUT2D eigenvalue weighted by molar-refractivity contribution is 0.767. The normalized spacial score (nSPS) is 10.8. The van der Waals surface area contributed by atoms with E-state index in [0.29, 0.717) is 11.5 Å². The number of nitrogens with one attached hydrogen (secondary N) is 1. The van der Waals surface area contributed by atoms with Gasteiger partial charge in [0, 0.05) is 38.1 Å². The molecule has 7 nitrogen and oxygen atoms in total. The molecule has 0 saturated carbocycles. The van der Waals surface area contributed by atoms with Crippen LogP contribution in [-0.4, -0.2) is 29.5 Å². The van der Waals surface area contributed by atoms with Crippen LogP contribution in [0, 0.1) is 0 Å². The second-order valence-corrected chi connectivity index (χ2v) is 4.22. The van der Waals surface area contributed by atoms with E-state index in [4.69, 9.17) is 0 Å². The average molecular weight is 256 g/mol. The molecule has 0 spiro atoms. The molecule has 0 fully saturated rings. The second-order valence-electron chi connectivity index (χ2n) is 4.22. The van der Waals surface area contributed by atoms with E-state index in [-0.39, 0.29) is 5.56 Å². The summed E-state index contributed by atoms with van der Waals surface area (Å²) >= 11 is 0. The van der Waals surface area contributed by atoms with Gasteiger partial charge in [0.2, 0.25) is 0 Å². The first-order chi connectivity index (χ1) is 9.13. The van der Waals surface area contributed by atoms with Gasteiger partial charge in [0.1, 0.15) is 5.69 Å². The lowest BCUT2D eigenvalue weighted by Crippen LogP contribution is -2.10. The molecule has 0 saturated heterocycles. The standard InChI is InChI=1S/C12H12N6O/c1-17-7-8(6-14-17)9-5-11(19)16-12(15-9)10-3-4-13-18(10)2/h3-7H,1-2H3,(H,15,16,19). The van der Waals surface area contributed by atoms with Crippen molar-refractivity contribution in [2.75, 3.05) is 0 Å². The summed E-state index contributed by atoms with van der Waals surface area (Å²) in [6.07, 6.45) is 5.15. The molecule has 3 heterocycles. The van der Waals surface area contributed by atoms with Gasteiger partial charge in [-0.3, -0.25) is 14.2 Å². The van der Waals surface area contributed by atoms with E-state index in [1.165, 1.54) is 6.07 Å². The van der Waals surface area contributed by atoms with Gasteiger partial charge in [0.15, 0.2) is 5.82 Å². The highest BCUT2D eigenvalue weighted by atomic mass is 16.1. The van der Waals surface area contributed by atoms with Gasteiger partial charge in [0.05, 0.1) is 11.9 Å². The fourth-order valence-electron chi connectivity index (χ4n) is 1.89. The third-order valence-corrected chi connectivity index (χ3v) is 2.81. The zero-order chi connectivity index (χ0) is 13.4. The first kappa shape index (κ1) is 11.4. The maximum absolute atomic E-state index is 11.7. The number of hydrogen-bond acceptors (Lipinski definition) is 4. The zero-order valence-corrected chi connectivity index (χ0v) is 10.5. The zero-order valence-electron chi connectivity index (χ0n) is 10.5. The van der Waals surface area contributed by atoms with Gasteiger partial charge >= 0.3 is 0 Å². The largest absolute Gasteiger partial charge is 0.305 e. The van der Waals surface area contributed by atoms with Gasteiger partial charge in [-0.25, -0.2) is 4.98 Å². The molecule has 0 atom stereocenters. The Morgan fingerprint density at radius 2 is 2.11 bits per heavy atom. The van der Waals surface area contributed by atoms with Crippen molar-refractivity contribution in [1.82, 2.24) is 29.5 Å². The Labute approximate surface area is 108 Å². The molecule has 19 heavy (non-hydrogen) atoms. The number of H-pyrrole nitrogens is 1. The quantitative estimate of drug-likeness (QED) is 0.726. The van der Waals surface area contributed by atoms with Crippen LogP contribution in [0.3, 0.4) is 0 Å². The number of aromatic amines is 1. The van der Waals surface area contributed by atoms with E-state index >= 15 is 0 Å². The minimum absolute atomic E-state index is 0.204. The summed E-state index contributed by atoms with van der Waals surface area (Å²) in [6.45, 7) is 0. The summed E-state index contributed by atoms with van der Waals surface area (Å²) in [7, 11) is 3.62. The van der Waals surface area contributed by atoms with E-state index in [2.05, 4.69) is 20.2 Å². The van der Waals surface area contributed by atoms with Crippen LogP contribution >= 0.6 is 0 Å². The lowest BCUT2D eigenvalue weighted by atomic mass is 10.2. The number of rotatable bonds is 2. The van der Waals surface area contributed by atoms with E-state index in [0.717, 1.165) is 11.3 Å². The van der Waals surface area contributed by atoms with Crippen molar-refractivity contribution >= 4 is 0 Å². The van der Waals surface area contributed by atoms with Crippen molar-refractivity contribution in [2.45, 2.75) is 0 Å². The highest BCUT2D eigenvalue weighted by Gasteiger charge is 2.09. The highest BCUT2D eigenvalue weighted by Crippen LogP contribution is 2.17. The molecule has 0 aromatic carbocycles. The van der Waals surface area contributed by atoms with Crippen LogP contribution in [0.5, 0.6) is 0 Å². The van der Waals surface area contributed by atoms with Crippen molar-refractivity contribution in [3.05, 3.63) is 41.1 Å². The maximum Gasteiger partial charge on any atom is 0.251 e. The Morgan fingerprint density at radius 3 is 2.74 bits per heavy atom. The lowest BCUT2D eigenvalue weighted by Gasteiger charge is -2.03. The van der Waals surface area contributed by atoms with Gasteiger partial charge in [-0.15, -0.1) is 0 Å². The summed E-state index contributed by atoms with van der Waals surface area (Å²) in [5.41, 5.74) is 1.94. The van der Waals surface area contributed by atoms with Crippen LogP contribution in [0.2, 0.25) is 0 Å². The monoisotopic (exact) mass is 256 g/mol. The summed E-state index contributed by atoms with van der Waals surface area (Å²) in [5, 5.41) is 8.15. The molecular weight excluding hydrogens is 244 g/mol. The molecule has 3 aromatic heterocycles. The SMILES string of the molecule is Cn1cc(-c2cc(=O)[nH]c(-c3ccnn3C)n2)cn1. The summed E-state index contributed by atoms with van der Waals surface area (Å²) < 4.78 is 3.33. The Bertz CT molecular complexity index is 781. The third-order valence-electron chi connectivity index (χ3n) is 2.81. The summed E-state index contributed by atoms with van der Waals surface area (Å²) in [6, 6.07) is 3.25. The Morgan fingerprint density at radius 1 is 1.26 bits per heavy atom. The average Bonchev–Trinajstić information content (AvgIpc) is 2.97. The van der Waals surface area contributed by atoms with E-state index in [1.807, 2.05) is 13.2 Å². The second kappa shape index (κ2) is 4.20. The third kappa shape index (κ3) is 2.05. The topological polar surface area (TPSA) is 81.4 Å². The molecule has 0 amide bonds. The van der Waals surface area contributed by atoms with Crippen molar-refractivity contribution in [1.29, 1.82) is 0 Å². The van der Waals surface area contributed by atoms with Gasteiger partial charge in [-0.05, 0) is 6.07 Å². The van der Waals surface area contributed by atoms with E-state index in [9.17, 15) is 4.79 Å². The van der Waals surface area contributed by atoms with Crippen molar-refractivity contribution in [3.8, 4) is 22.8 Å². The minimum atomic E-state index is -0.204. The van der Waals surface area contributed by atoms with Crippen LogP contribution in [0.1, 0.15) is 0 Å². The Balaban J connectivity index is 2.16. The number of aryl methyl sites for hydroxylation is 2. The van der Waals surface area contributed by atoms with Crippen molar-refractivity contribution in [3.63, 3.8) is 0 Å². The first-order valence-corrected chi connectivity index (χ1v) is 5.72. The molecule has 0 aliphatic rings. The molecule has 3 rings (SSSR count). The molecule has 0 aliphatic carbocycles. The van der Waals surface area contributed by atoms with Crippen LogP contribution in [0.25, 0.3) is 22.8 Å². The van der Waals surface area contributed by atoms with Gasteiger partial charge in [-0.2, -0.15) is 10.2 Å². The molecular formula is C12H12N6O. The smallest absolute Gasteiger partial charge is 0.251 e. The fourth-order valence-corrected chi connectivity index (χ4v) is 1.89. The summed E-state index contributed by atoms with van der Waals surface area (Å²) in [5.74, 6) is 0.492. The maximum atomic E-state index is 11.7. The minimum Gasteiger partial charge on any atom is -0.305 e. The number of nitrogens with zero attached hydrogens (tertiary/aromatic N) is 5. The molecule has 96 valence electrons. The molecule has 0 radical (unpaired) electrons. The molecule has 3 aromatic rings. The van der Waals surface area contributed by atoms with Crippen molar-refractivity contribution < 1.29 is 0 Å². The van der Waals surface area contributed by atoms with Crippen LogP contribution in [-0.2, 0) is 14.1 Å². The molecule has 0 unspecified atom stereocenters. The molecule has 0 aliphatic heterocycles. The van der Waals surface area contributed by atoms with Gasteiger partial charge in [-0.1, -0.05) is 0 Å². The summed E-state index contributed by atoms with van der Waals surface area (Å²) in [4.78, 5) is 18.9. The van der Waals surface area contributed by atoms with Gasteiger partial charge in [0.25, 0.3) is 5.56 Å². The van der Waals surface area contributed by atoms with Crippen molar-refractivity contribution in [2.24, 2.45) is 14.1 Å². The van der Waals surface area contributed by atoms with E-state index in [1.54, 1.807) is 34.9 Å². The number of aromatic nitrogens is 6. The molecule has 0 bridgehead atoms. The Kier molecular flexibility index (Phi) is 2.52. The van der Waals surface area contributed by atoms with Crippen LogP contribution in [0.15, 0.2) is 35.5 Å².